The maximum absolute atomic E-state index is 12.8. The maximum Gasteiger partial charge on any atom is 0.144 e. The van der Waals surface area contributed by atoms with Crippen molar-refractivity contribution < 1.29 is 4.39 Å². The van der Waals surface area contributed by atoms with E-state index in [0.717, 1.165) is 6.20 Å². The van der Waals surface area contributed by atoms with Gasteiger partial charge >= 0.3 is 0 Å². The molecule has 0 unspecified atom stereocenters. The second-order valence-electron chi connectivity index (χ2n) is 2.17. The molecule has 1 rings (SSSR count). The average Bonchev–Trinajstić information content (AvgIpc) is 2.09. The first-order chi connectivity index (χ1) is 5.84. The number of rotatable bonds is 3. The predicted molar refractivity (Wildman–Crippen MR) is 41.9 cm³/mol. The summed E-state index contributed by atoms with van der Waals surface area (Å²) in [6, 6.07) is 1.57. The zero-order valence-electron chi connectivity index (χ0n) is 6.31. The van der Waals surface area contributed by atoms with Gasteiger partial charge < -0.3 is 0 Å². The van der Waals surface area contributed by atoms with Crippen LogP contribution in [0.15, 0.2) is 23.6 Å². The normalized spacial score (nSPS) is 9.08. The summed E-state index contributed by atoms with van der Waals surface area (Å²) < 4.78 is 12.8. The van der Waals surface area contributed by atoms with E-state index in [4.69, 9.17) is 5.53 Å². The van der Waals surface area contributed by atoms with Gasteiger partial charge in [-0.15, -0.1) is 0 Å². The molecule has 0 bridgehead atoms. The molecule has 62 valence electrons. The van der Waals surface area contributed by atoms with Gasteiger partial charge in [-0.05, 0) is 23.6 Å². The van der Waals surface area contributed by atoms with Crippen LogP contribution < -0.4 is 0 Å². The Morgan fingerprint density at radius 2 is 2.50 bits per heavy atom. The van der Waals surface area contributed by atoms with Crippen molar-refractivity contribution in [1.82, 2.24) is 4.98 Å². The highest BCUT2D eigenvalue weighted by Gasteiger charge is 1.98. The van der Waals surface area contributed by atoms with Gasteiger partial charge in [0, 0.05) is 17.7 Å². The van der Waals surface area contributed by atoms with Crippen molar-refractivity contribution >= 4 is 0 Å². The van der Waals surface area contributed by atoms with Crippen LogP contribution in [0.1, 0.15) is 5.56 Å². The highest BCUT2D eigenvalue weighted by atomic mass is 19.1. The van der Waals surface area contributed by atoms with E-state index in [-0.39, 0.29) is 12.4 Å². The second kappa shape index (κ2) is 4.31. The first-order valence-corrected chi connectivity index (χ1v) is 3.44. The molecule has 0 aliphatic heterocycles. The molecule has 0 spiro atoms. The highest BCUT2D eigenvalue weighted by molar-refractivity contribution is 5.12. The first-order valence-electron chi connectivity index (χ1n) is 3.44. The summed E-state index contributed by atoms with van der Waals surface area (Å²) in [6.07, 6.45) is 3.07. The molecule has 0 radical (unpaired) electrons. The van der Waals surface area contributed by atoms with Gasteiger partial charge in [0.25, 0.3) is 0 Å². The zero-order chi connectivity index (χ0) is 8.81. The van der Waals surface area contributed by atoms with Crippen molar-refractivity contribution in [1.29, 1.82) is 0 Å². The number of hydrogen-bond acceptors (Lipinski definition) is 2. The monoisotopic (exact) mass is 166 g/mol. The first kappa shape index (κ1) is 8.49. The van der Waals surface area contributed by atoms with E-state index in [1.165, 1.54) is 6.20 Å². The van der Waals surface area contributed by atoms with E-state index in [1.54, 1.807) is 6.07 Å². The van der Waals surface area contributed by atoms with Gasteiger partial charge in [-0.1, -0.05) is 5.11 Å². The lowest BCUT2D eigenvalue weighted by atomic mass is 10.2. The van der Waals surface area contributed by atoms with Gasteiger partial charge in [0.2, 0.25) is 0 Å². The molecule has 1 heterocycles. The van der Waals surface area contributed by atoms with Gasteiger partial charge in [0.15, 0.2) is 0 Å². The van der Waals surface area contributed by atoms with E-state index in [0.29, 0.717) is 12.0 Å². The molecular formula is C7H7FN4. The smallest absolute Gasteiger partial charge is 0.144 e. The minimum Gasteiger partial charge on any atom is -0.262 e. The summed E-state index contributed by atoms with van der Waals surface area (Å²) >= 11 is 0. The number of halogens is 1. The Morgan fingerprint density at radius 3 is 3.17 bits per heavy atom. The third-order valence-corrected chi connectivity index (χ3v) is 1.40. The summed E-state index contributed by atoms with van der Waals surface area (Å²) in [4.78, 5) is 6.16. The lowest BCUT2D eigenvalue weighted by Gasteiger charge is -1.97. The molecular weight excluding hydrogens is 159 g/mol. The van der Waals surface area contributed by atoms with Crippen LogP contribution in [-0.4, -0.2) is 11.5 Å². The molecule has 1 aromatic rings. The fourth-order valence-electron chi connectivity index (χ4n) is 0.822. The third kappa shape index (κ3) is 2.21. The number of azide groups is 1. The van der Waals surface area contributed by atoms with Gasteiger partial charge in [0.1, 0.15) is 5.82 Å². The number of aromatic nitrogens is 1. The molecule has 0 aliphatic carbocycles. The Morgan fingerprint density at radius 1 is 1.67 bits per heavy atom. The molecule has 5 heteroatoms. The van der Waals surface area contributed by atoms with E-state index < -0.39 is 0 Å². The molecule has 0 fully saturated rings. The van der Waals surface area contributed by atoms with Crippen LogP contribution in [0.2, 0.25) is 0 Å². The van der Waals surface area contributed by atoms with Gasteiger partial charge in [-0.25, -0.2) is 4.39 Å². The summed E-state index contributed by atoms with van der Waals surface area (Å²) in [7, 11) is 0. The van der Waals surface area contributed by atoms with E-state index in [1.807, 2.05) is 0 Å². The average molecular weight is 166 g/mol. The van der Waals surface area contributed by atoms with Crippen molar-refractivity contribution in [3.63, 3.8) is 0 Å². The number of pyridine rings is 1. The lowest BCUT2D eigenvalue weighted by molar-refractivity contribution is 0.603. The Labute approximate surface area is 68.7 Å². The van der Waals surface area contributed by atoms with Crippen LogP contribution in [0.5, 0.6) is 0 Å². The zero-order valence-corrected chi connectivity index (χ0v) is 6.31. The van der Waals surface area contributed by atoms with Crippen molar-refractivity contribution in [3.8, 4) is 0 Å². The Bertz CT molecular complexity index is 306. The maximum atomic E-state index is 12.8. The number of nitrogens with zero attached hydrogens (tertiary/aromatic N) is 4. The quantitative estimate of drug-likeness (QED) is 0.385. The lowest BCUT2D eigenvalue weighted by Crippen LogP contribution is -1.93. The SMILES string of the molecule is [N-]=[N+]=NCCc1ccncc1F. The predicted octanol–water partition coefficient (Wildman–Crippen LogP) is 2.07. The molecule has 0 amide bonds. The van der Waals surface area contributed by atoms with Crippen LogP contribution in [0.4, 0.5) is 4.39 Å². The number of hydrogen-bond donors (Lipinski definition) is 0. The van der Waals surface area contributed by atoms with Gasteiger partial charge in [-0.2, -0.15) is 0 Å². The molecule has 0 atom stereocenters. The van der Waals surface area contributed by atoms with Crippen LogP contribution in [0, 0.1) is 5.82 Å². The largest absolute Gasteiger partial charge is 0.262 e. The molecule has 0 aromatic carbocycles. The summed E-state index contributed by atoms with van der Waals surface area (Å²) in [5, 5.41) is 3.30. The fraction of sp³-hybridized carbons (Fsp3) is 0.286. The van der Waals surface area contributed by atoms with Crippen molar-refractivity contribution in [2.75, 3.05) is 6.54 Å². The third-order valence-electron chi connectivity index (χ3n) is 1.40. The van der Waals surface area contributed by atoms with Gasteiger partial charge in [0.05, 0.1) is 6.20 Å². The van der Waals surface area contributed by atoms with Crippen LogP contribution >= 0.6 is 0 Å². The Kier molecular flexibility index (Phi) is 3.04. The Balaban J connectivity index is 2.62. The van der Waals surface area contributed by atoms with Crippen molar-refractivity contribution in [2.24, 2.45) is 5.11 Å². The van der Waals surface area contributed by atoms with Crippen LogP contribution in [-0.2, 0) is 6.42 Å². The molecule has 0 N–H and O–H groups in total. The van der Waals surface area contributed by atoms with E-state index in [2.05, 4.69) is 15.0 Å². The van der Waals surface area contributed by atoms with E-state index >= 15 is 0 Å². The molecule has 0 saturated carbocycles. The minimum absolute atomic E-state index is 0.275. The Hall–Kier alpha value is -1.61. The van der Waals surface area contributed by atoms with Crippen LogP contribution in [0.25, 0.3) is 10.4 Å². The van der Waals surface area contributed by atoms with E-state index in [9.17, 15) is 4.39 Å². The molecule has 0 saturated heterocycles. The van der Waals surface area contributed by atoms with Crippen LogP contribution in [0.3, 0.4) is 0 Å². The standard InChI is InChI=1S/C7H7FN4/c8-7-5-10-3-1-6(7)2-4-11-12-9/h1,3,5H,2,4H2. The molecule has 1 aromatic heterocycles. The second-order valence-corrected chi connectivity index (χ2v) is 2.17. The van der Waals surface area contributed by atoms with Gasteiger partial charge in [-0.3, -0.25) is 4.98 Å². The fourth-order valence-corrected chi connectivity index (χ4v) is 0.822. The molecule has 0 aliphatic rings. The molecule has 4 nitrogen and oxygen atoms in total. The summed E-state index contributed by atoms with van der Waals surface area (Å²) in [6.45, 7) is 0.275. The minimum atomic E-state index is -0.356. The summed E-state index contributed by atoms with van der Waals surface area (Å²) in [5.74, 6) is -0.356. The van der Waals surface area contributed by atoms with Crippen molar-refractivity contribution in [3.05, 3.63) is 40.3 Å². The molecule has 12 heavy (non-hydrogen) atoms. The van der Waals surface area contributed by atoms with Crippen molar-refractivity contribution in [2.45, 2.75) is 6.42 Å². The topological polar surface area (TPSA) is 61.7 Å². The summed E-state index contributed by atoms with van der Waals surface area (Å²) in [5.41, 5.74) is 8.49. The highest BCUT2D eigenvalue weighted by Crippen LogP contribution is 2.04.